The molecule has 1 fully saturated rings. The first-order chi connectivity index (χ1) is 12.2. The minimum Gasteiger partial charge on any atom is -0.466 e. The second-order valence-corrected chi connectivity index (χ2v) is 6.91. The van der Waals surface area contributed by atoms with Crippen LogP contribution in [0.2, 0.25) is 0 Å². The molecule has 3 aromatic rings. The number of fused-ring (bicyclic) bond motifs is 6. The van der Waals surface area contributed by atoms with Crippen molar-refractivity contribution in [2.24, 2.45) is 0 Å². The predicted molar refractivity (Wildman–Crippen MR) is 93.2 cm³/mol. The summed E-state index contributed by atoms with van der Waals surface area (Å²) in [6.07, 6.45) is 1.98. The Balaban J connectivity index is 1.83. The van der Waals surface area contributed by atoms with E-state index in [1.165, 1.54) is 16.7 Å². The summed E-state index contributed by atoms with van der Waals surface area (Å²) in [6, 6.07) is 16.4. The SMILES string of the molecule is N#Cc1ccc2c3c([nH]c2c1)C1(CCOC(=O)C1)c1ccccc1C3. The first kappa shape index (κ1) is 14.3. The normalized spacial score (nSPS) is 21.5. The number of nitriles is 1. The van der Waals surface area contributed by atoms with Gasteiger partial charge in [-0.3, -0.25) is 4.79 Å². The summed E-state index contributed by atoms with van der Waals surface area (Å²) in [4.78, 5) is 15.7. The lowest BCUT2D eigenvalue weighted by Gasteiger charge is -2.41. The first-order valence-electron chi connectivity index (χ1n) is 8.50. The van der Waals surface area contributed by atoms with Crippen LogP contribution in [0.25, 0.3) is 10.9 Å². The summed E-state index contributed by atoms with van der Waals surface area (Å²) in [6.45, 7) is 0.436. The standard InChI is InChI=1S/C21H16N2O2/c22-12-13-5-6-15-16-10-14-3-1-2-4-17(14)21(7-8-25-19(24)11-21)20(16)23-18(15)9-13/h1-6,9,23H,7-8,10-11H2. The van der Waals surface area contributed by atoms with E-state index < -0.39 is 0 Å². The molecular formula is C21H16N2O2. The molecule has 1 atom stereocenters. The van der Waals surface area contributed by atoms with Gasteiger partial charge < -0.3 is 9.72 Å². The Hall–Kier alpha value is -3.06. The number of aromatic amines is 1. The van der Waals surface area contributed by atoms with Gasteiger partial charge in [0.25, 0.3) is 0 Å². The number of carbonyl (C=O) groups is 1. The van der Waals surface area contributed by atoms with E-state index in [1.807, 2.05) is 24.3 Å². The average Bonchev–Trinajstić information content (AvgIpc) is 3.00. The van der Waals surface area contributed by atoms with Gasteiger partial charge >= 0.3 is 5.97 Å². The number of hydrogen-bond acceptors (Lipinski definition) is 3. The molecule has 1 aromatic heterocycles. The zero-order chi connectivity index (χ0) is 17.0. The molecule has 0 radical (unpaired) electrons. The lowest BCUT2D eigenvalue weighted by Crippen LogP contribution is -2.41. The van der Waals surface area contributed by atoms with E-state index in [1.54, 1.807) is 0 Å². The highest BCUT2D eigenvalue weighted by Crippen LogP contribution is 2.49. The van der Waals surface area contributed by atoms with Crippen molar-refractivity contribution in [2.45, 2.75) is 24.7 Å². The number of rotatable bonds is 0. The number of cyclic esters (lactones) is 1. The molecule has 1 spiro atoms. The van der Waals surface area contributed by atoms with Crippen molar-refractivity contribution in [2.75, 3.05) is 6.61 Å². The van der Waals surface area contributed by atoms with Gasteiger partial charge in [0.05, 0.1) is 24.7 Å². The molecule has 0 bridgehead atoms. The number of nitrogens with zero attached hydrogens (tertiary/aromatic N) is 1. The third kappa shape index (κ3) is 1.90. The highest BCUT2D eigenvalue weighted by atomic mass is 16.5. The van der Waals surface area contributed by atoms with E-state index in [4.69, 9.17) is 4.74 Å². The number of nitrogens with one attached hydrogen (secondary N) is 1. The molecule has 1 aliphatic heterocycles. The number of aromatic nitrogens is 1. The third-order valence-electron chi connectivity index (χ3n) is 5.65. The lowest BCUT2D eigenvalue weighted by atomic mass is 9.65. The van der Waals surface area contributed by atoms with E-state index in [0.717, 1.165) is 29.4 Å². The van der Waals surface area contributed by atoms with Gasteiger partial charge in [-0.25, -0.2) is 0 Å². The molecule has 2 aliphatic rings. The Bertz CT molecular complexity index is 1070. The van der Waals surface area contributed by atoms with Crippen molar-refractivity contribution in [3.63, 3.8) is 0 Å². The zero-order valence-electron chi connectivity index (χ0n) is 13.6. The summed E-state index contributed by atoms with van der Waals surface area (Å²) in [7, 11) is 0. The molecule has 122 valence electrons. The fraction of sp³-hybridized carbons (Fsp3) is 0.238. The third-order valence-corrected chi connectivity index (χ3v) is 5.65. The molecule has 4 nitrogen and oxygen atoms in total. The maximum absolute atomic E-state index is 12.2. The van der Waals surface area contributed by atoms with Gasteiger partial charge in [-0.1, -0.05) is 30.3 Å². The smallest absolute Gasteiger partial charge is 0.307 e. The van der Waals surface area contributed by atoms with Gasteiger partial charge in [0.15, 0.2) is 0 Å². The molecule has 0 saturated carbocycles. The Morgan fingerprint density at radius 3 is 2.92 bits per heavy atom. The molecule has 1 N–H and O–H groups in total. The highest BCUT2D eigenvalue weighted by molar-refractivity contribution is 5.88. The maximum atomic E-state index is 12.2. The van der Waals surface area contributed by atoms with Gasteiger partial charge in [0.1, 0.15) is 0 Å². The second-order valence-electron chi connectivity index (χ2n) is 6.91. The van der Waals surface area contributed by atoms with Gasteiger partial charge in [0, 0.05) is 28.4 Å². The topological polar surface area (TPSA) is 65.9 Å². The lowest BCUT2D eigenvalue weighted by molar-refractivity contribution is -0.149. The first-order valence-corrected chi connectivity index (χ1v) is 8.50. The predicted octanol–water partition coefficient (Wildman–Crippen LogP) is 3.57. The summed E-state index contributed by atoms with van der Waals surface area (Å²) < 4.78 is 5.25. The number of H-pyrrole nitrogens is 1. The van der Waals surface area contributed by atoms with Crippen LogP contribution in [0.3, 0.4) is 0 Å². The molecular weight excluding hydrogens is 312 g/mol. The monoisotopic (exact) mass is 328 g/mol. The Morgan fingerprint density at radius 2 is 2.08 bits per heavy atom. The van der Waals surface area contributed by atoms with Crippen molar-refractivity contribution in [1.82, 2.24) is 4.98 Å². The molecule has 25 heavy (non-hydrogen) atoms. The van der Waals surface area contributed by atoms with Crippen LogP contribution in [-0.4, -0.2) is 17.6 Å². The van der Waals surface area contributed by atoms with Gasteiger partial charge in [0.2, 0.25) is 0 Å². The number of benzene rings is 2. The van der Waals surface area contributed by atoms with Crippen molar-refractivity contribution in [3.05, 3.63) is 70.4 Å². The fourth-order valence-electron chi connectivity index (χ4n) is 4.55. The van der Waals surface area contributed by atoms with E-state index in [-0.39, 0.29) is 11.4 Å². The van der Waals surface area contributed by atoms with Gasteiger partial charge in [-0.05, 0) is 35.2 Å². The number of esters is 1. The number of carbonyl (C=O) groups excluding carboxylic acids is 1. The van der Waals surface area contributed by atoms with Crippen molar-refractivity contribution in [1.29, 1.82) is 5.26 Å². The Morgan fingerprint density at radius 1 is 1.20 bits per heavy atom. The second kappa shape index (κ2) is 4.97. The summed E-state index contributed by atoms with van der Waals surface area (Å²) >= 11 is 0. The van der Waals surface area contributed by atoms with Crippen LogP contribution in [0.5, 0.6) is 0 Å². The Kier molecular flexibility index (Phi) is 2.84. The number of hydrogen-bond donors (Lipinski definition) is 1. The maximum Gasteiger partial charge on any atom is 0.307 e. The van der Waals surface area contributed by atoms with Crippen LogP contribution in [0.15, 0.2) is 42.5 Å². The van der Waals surface area contributed by atoms with Crippen molar-refractivity contribution in [3.8, 4) is 6.07 Å². The molecule has 1 unspecified atom stereocenters. The van der Waals surface area contributed by atoms with E-state index >= 15 is 0 Å². The van der Waals surface area contributed by atoms with Crippen LogP contribution >= 0.6 is 0 Å². The van der Waals surface area contributed by atoms with Crippen LogP contribution in [0, 0.1) is 11.3 Å². The molecule has 0 amide bonds. The minimum atomic E-state index is -0.356. The zero-order valence-corrected chi connectivity index (χ0v) is 13.6. The van der Waals surface area contributed by atoms with E-state index in [9.17, 15) is 10.1 Å². The molecule has 2 heterocycles. The van der Waals surface area contributed by atoms with Crippen molar-refractivity contribution < 1.29 is 9.53 Å². The molecule has 5 rings (SSSR count). The summed E-state index contributed by atoms with van der Waals surface area (Å²) in [5.41, 5.74) is 6.11. The van der Waals surface area contributed by atoms with Crippen molar-refractivity contribution >= 4 is 16.9 Å². The summed E-state index contributed by atoms with van der Waals surface area (Å²) in [5, 5.41) is 10.3. The van der Waals surface area contributed by atoms with E-state index in [0.29, 0.717) is 18.6 Å². The van der Waals surface area contributed by atoms with Gasteiger partial charge in [-0.15, -0.1) is 0 Å². The van der Waals surface area contributed by atoms with E-state index in [2.05, 4.69) is 29.3 Å². The van der Waals surface area contributed by atoms with Crippen LogP contribution in [0.4, 0.5) is 0 Å². The number of ether oxygens (including phenoxy) is 1. The average molecular weight is 328 g/mol. The Labute approximate surface area is 145 Å². The van der Waals surface area contributed by atoms with Gasteiger partial charge in [-0.2, -0.15) is 5.26 Å². The fourth-order valence-corrected chi connectivity index (χ4v) is 4.55. The minimum absolute atomic E-state index is 0.148. The summed E-state index contributed by atoms with van der Waals surface area (Å²) in [5.74, 6) is -0.148. The molecule has 1 saturated heterocycles. The highest BCUT2D eigenvalue weighted by Gasteiger charge is 2.46. The largest absolute Gasteiger partial charge is 0.466 e. The van der Waals surface area contributed by atoms with Crippen LogP contribution < -0.4 is 0 Å². The molecule has 1 aliphatic carbocycles. The van der Waals surface area contributed by atoms with Crippen LogP contribution in [0.1, 0.15) is 40.8 Å². The molecule has 2 aromatic carbocycles. The molecule has 4 heteroatoms. The quantitative estimate of drug-likeness (QED) is 0.642. The van der Waals surface area contributed by atoms with Crippen LogP contribution in [-0.2, 0) is 21.4 Å².